The highest BCUT2D eigenvalue weighted by Crippen LogP contribution is 2.30. The molecule has 2 aromatic rings. The van der Waals surface area contributed by atoms with E-state index < -0.39 is 0 Å². The summed E-state index contributed by atoms with van der Waals surface area (Å²) in [7, 11) is 1.64. The van der Waals surface area contributed by atoms with E-state index in [0.717, 1.165) is 29.8 Å². The zero-order valence-electron chi connectivity index (χ0n) is 16.8. The van der Waals surface area contributed by atoms with Gasteiger partial charge in [-0.2, -0.15) is 0 Å². The fraction of sp³-hybridized carbons (Fsp3) is 0.435. The third-order valence-corrected chi connectivity index (χ3v) is 5.99. The molecule has 4 heterocycles. The Kier molecular flexibility index (Phi) is 5.79. The molecule has 0 aliphatic carbocycles. The van der Waals surface area contributed by atoms with Crippen LogP contribution in [-0.2, 0) is 22.6 Å². The van der Waals surface area contributed by atoms with E-state index in [-0.39, 0.29) is 23.8 Å². The van der Waals surface area contributed by atoms with Crippen molar-refractivity contribution in [1.82, 2.24) is 14.8 Å². The number of hydrogen-bond donors (Lipinski definition) is 0. The van der Waals surface area contributed by atoms with Gasteiger partial charge in [-0.3, -0.25) is 14.6 Å². The van der Waals surface area contributed by atoms with Gasteiger partial charge in [-0.1, -0.05) is 18.2 Å². The van der Waals surface area contributed by atoms with E-state index >= 15 is 0 Å². The number of carbonyl (C=O) groups excluding carboxylic acids is 2. The molecule has 2 bridgehead atoms. The molecule has 3 fully saturated rings. The van der Waals surface area contributed by atoms with Gasteiger partial charge in [0.15, 0.2) is 0 Å². The number of pyridine rings is 1. The molecule has 2 atom stereocenters. The minimum Gasteiger partial charge on any atom is -0.497 e. The van der Waals surface area contributed by atoms with E-state index in [1.54, 1.807) is 13.3 Å². The fourth-order valence-electron chi connectivity index (χ4n) is 4.32. The molecule has 3 aliphatic rings. The molecule has 3 saturated heterocycles. The summed E-state index contributed by atoms with van der Waals surface area (Å²) >= 11 is 0. The Bertz CT molecular complexity index is 853. The standard InChI is InChI=1S/C23H27N3O3/c1-29-21-10-5-17(6-11-21)7-12-22(27)25-14-18-8-9-20(16-25)26(23(18)28)15-19-4-2-3-13-24-19/h2-6,10-11,13,18,20H,7-9,12,14-16H2,1H3/t18-,20+/m0/s1. The molecule has 5 rings (SSSR count). The molecular formula is C23H27N3O3. The van der Waals surface area contributed by atoms with Gasteiger partial charge >= 0.3 is 0 Å². The number of piperidine rings is 1. The lowest BCUT2D eigenvalue weighted by Crippen LogP contribution is -2.47. The van der Waals surface area contributed by atoms with Gasteiger partial charge in [-0.15, -0.1) is 0 Å². The van der Waals surface area contributed by atoms with E-state index in [0.29, 0.717) is 32.5 Å². The normalized spacial score (nSPS) is 21.2. The van der Waals surface area contributed by atoms with Crippen LogP contribution in [0.3, 0.4) is 0 Å². The van der Waals surface area contributed by atoms with Crippen molar-refractivity contribution in [2.45, 2.75) is 38.3 Å². The minimum atomic E-state index is -0.0950. The average molecular weight is 393 g/mol. The summed E-state index contributed by atoms with van der Waals surface area (Å²) in [5.41, 5.74) is 2.01. The van der Waals surface area contributed by atoms with Crippen LogP contribution in [0, 0.1) is 5.92 Å². The van der Waals surface area contributed by atoms with Gasteiger partial charge < -0.3 is 14.5 Å². The topological polar surface area (TPSA) is 62.7 Å². The molecule has 0 N–H and O–H groups in total. The van der Waals surface area contributed by atoms with Crippen molar-refractivity contribution in [3.05, 3.63) is 59.9 Å². The van der Waals surface area contributed by atoms with Crippen molar-refractivity contribution >= 4 is 11.8 Å². The molecule has 1 aromatic heterocycles. The number of benzene rings is 1. The van der Waals surface area contributed by atoms with Crippen LogP contribution >= 0.6 is 0 Å². The number of rotatable bonds is 6. The zero-order chi connectivity index (χ0) is 20.2. The summed E-state index contributed by atoms with van der Waals surface area (Å²) in [5, 5.41) is 0. The lowest BCUT2D eigenvalue weighted by atomic mass is 9.94. The van der Waals surface area contributed by atoms with Gasteiger partial charge in [0, 0.05) is 31.7 Å². The lowest BCUT2D eigenvalue weighted by molar-refractivity contribution is -0.140. The Morgan fingerprint density at radius 3 is 2.69 bits per heavy atom. The van der Waals surface area contributed by atoms with Crippen LogP contribution in [0.2, 0.25) is 0 Å². The maximum atomic E-state index is 13.0. The Morgan fingerprint density at radius 1 is 1.14 bits per heavy atom. The van der Waals surface area contributed by atoms with Crippen molar-refractivity contribution < 1.29 is 14.3 Å². The van der Waals surface area contributed by atoms with Gasteiger partial charge in [-0.05, 0) is 49.1 Å². The Balaban J connectivity index is 1.39. The van der Waals surface area contributed by atoms with Crippen LogP contribution in [0.15, 0.2) is 48.7 Å². The first-order valence-corrected chi connectivity index (χ1v) is 10.2. The number of hydrogen-bond acceptors (Lipinski definition) is 4. The Hall–Kier alpha value is -2.89. The molecule has 1 aromatic carbocycles. The largest absolute Gasteiger partial charge is 0.497 e. The van der Waals surface area contributed by atoms with E-state index in [1.807, 2.05) is 52.3 Å². The maximum Gasteiger partial charge on any atom is 0.228 e. The summed E-state index contributed by atoms with van der Waals surface area (Å²) in [5.74, 6) is 1.01. The molecule has 2 amide bonds. The number of carbonyl (C=O) groups is 2. The second-order valence-corrected chi connectivity index (χ2v) is 7.86. The first-order chi connectivity index (χ1) is 14.1. The van der Waals surface area contributed by atoms with E-state index in [1.165, 1.54) is 0 Å². The molecule has 0 radical (unpaired) electrons. The average Bonchev–Trinajstić information content (AvgIpc) is 3.05. The predicted molar refractivity (Wildman–Crippen MR) is 109 cm³/mol. The summed E-state index contributed by atoms with van der Waals surface area (Å²) in [6, 6.07) is 13.7. The van der Waals surface area contributed by atoms with Crippen molar-refractivity contribution in [2.75, 3.05) is 20.2 Å². The summed E-state index contributed by atoms with van der Waals surface area (Å²) in [6.45, 7) is 1.68. The first kappa shape index (κ1) is 19.4. The molecular weight excluding hydrogens is 366 g/mol. The predicted octanol–water partition coefficient (Wildman–Crippen LogP) is 2.67. The number of methoxy groups -OCH3 is 1. The smallest absolute Gasteiger partial charge is 0.228 e. The third kappa shape index (κ3) is 4.42. The Labute approximate surface area is 171 Å². The van der Waals surface area contributed by atoms with Gasteiger partial charge in [0.2, 0.25) is 11.8 Å². The first-order valence-electron chi connectivity index (χ1n) is 10.2. The highest BCUT2D eigenvalue weighted by atomic mass is 16.5. The van der Waals surface area contributed by atoms with Gasteiger partial charge in [0.05, 0.1) is 25.3 Å². The molecule has 29 heavy (non-hydrogen) atoms. The quantitative estimate of drug-likeness (QED) is 0.757. The minimum absolute atomic E-state index is 0.0770. The van der Waals surface area contributed by atoms with Crippen LogP contribution in [0.5, 0.6) is 5.75 Å². The van der Waals surface area contributed by atoms with Crippen LogP contribution in [0.25, 0.3) is 0 Å². The summed E-state index contributed by atoms with van der Waals surface area (Å²) in [4.78, 5) is 34.1. The number of nitrogens with zero attached hydrogens (tertiary/aromatic N) is 3. The van der Waals surface area contributed by atoms with Crippen molar-refractivity contribution in [3.8, 4) is 5.75 Å². The van der Waals surface area contributed by atoms with Crippen molar-refractivity contribution in [2.24, 2.45) is 5.92 Å². The molecule has 0 saturated carbocycles. The van der Waals surface area contributed by atoms with Crippen LogP contribution in [0.4, 0.5) is 0 Å². The Morgan fingerprint density at radius 2 is 1.97 bits per heavy atom. The van der Waals surface area contributed by atoms with E-state index in [4.69, 9.17) is 4.74 Å². The number of amides is 2. The highest BCUT2D eigenvalue weighted by molar-refractivity contribution is 5.83. The van der Waals surface area contributed by atoms with E-state index in [9.17, 15) is 9.59 Å². The van der Waals surface area contributed by atoms with Crippen LogP contribution in [-0.4, -0.2) is 52.8 Å². The third-order valence-electron chi connectivity index (χ3n) is 5.99. The molecule has 152 valence electrons. The van der Waals surface area contributed by atoms with Gasteiger partial charge in [-0.25, -0.2) is 0 Å². The van der Waals surface area contributed by atoms with Gasteiger partial charge in [0.1, 0.15) is 5.75 Å². The lowest BCUT2D eigenvalue weighted by Gasteiger charge is -2.35. The maximum absolute atomic E-state index is 13.0. The second kappa shape index (κ2) is 8.64. The van der Waals surface area contributed by atoms with E-state index in [2.05, 4.69) is 4.98 Å². The SMILES string of the molecule is COc1ccc(CCC(=O)N2C[C@@H]3CC[C@H](C2)N(Cc2ccccn2)C3=O)cc1. The summed E-state index contributed by atoms with van der Waals surface area (Å²) < 4.78 is 5.18. The van der Waals surface area contributed by atoms with Crippen molar-refractivity contribution in [3.63, 3.8) is 0 Å². The zero-order valence-corrected chi connectivity index (χ0v) is 16.8. The van der Waals surface area contributed by atoms with Crippen LogP contribution < -0.4 is 4.74 Å². The molecule has 3 aliphatic heterocycles. The monoisotopic (exact) mass is 393 g/mol. The number of ether oxygens (including phenoxy) is 1. The number of fused-ring (bicyclic) bond motifs is 4. The summed E-state index contributed by atoms with van der Waals surface area (Å²) in [6.07, 6.45) is 4.72. The van der Waals surface area contributed by atoms with Crippen LogP contribution in [0.1, 0.15) is 30.5 Å². The number of aromatic nitrogens is 1. The second-order valence-electron chi connectivity index (χ2n) is 7.86. The molecule has 6 heteroatoms. The van der Waals surface area contributed by atoms with Gasteiger partial charge in [0.25, 0.3) is 0 Å². The molecule has 6 nitrogen and oxygen atoms in total. The highest BCUT2D eigenvalue weighted by Gasteiger charge is 2.41. The molecule has 0 unspecified atom stereocenters. The molecule has 0 spiro atoms. The van der Waals surface area contributed by atoms with Crippen molar-refractivity contribution in [1.29, 1.82) is 0 Å². The fourth-order valence-corrected chi connectivity index (χ4v) is 4.32. The number of aryl methyl sites for hydroxylation is 1.